The molecule has 0 bridgehead atoms. The predicted octanol–water partition coefficient (Wildman–Crippen LogP) is 1.97. The lowest BCUT2D eigenvalue weighted by molar-refractivity contribution is -0.0616. The van der Waals surface area contributed by atoms with Crippen molar-refractivity contribution in [2.45, 2.75) is 31.0 Å². The molecule has 2 unspecified atom stereocenters. The van der Waals surface area contributed by atoms with Crippen LogP contribution in [0.25, 0.3) is 0 Å². The molecule has 3 rings (SSSR count). The Bertz CT molecular complexity index is 438. The van der Waals surface area contributed by atoms with Gasteiger partial charge in [0.2, 0.25) is 0 Å². The molecule has 2 fully saturated rings. The number of nitrogens with one attached hydrogen (secondary N) is 1. The molecule has 2 heterocycles. The lowest BCUT2D eigenvalue weighted by Crippen LogP contribution is -2.47. The van der Waals surface area contributed by atoms with Gasteiger partial charge in [0, 0.05) is 36.0 Å². The van der Waals surface area contributed by atoms with Gasteiger partial charge in [-0.3, -0.25) is 9.88 Å². The van der Waals surface area contributed by atoms with E-state index in [1.54, 1.807) is 0 Å². The Morgan fingerprint density at radius 3 is 3.05 bits per heavy atom. The van der Waals surface area contributed by atoms with Crippen molar-refractivity contribution in [3.63, 3.8) is 0 Å². The highest BCUT2D eigenvalue weighted by Gasteiger charge is 2.33. The van der Waals surface area contributed by atoms with Crippen LogP contribution in [0.4, 0.5) is 0 Å². The summed E-state index contributed by atoms with van der Waals surface area (Å²) in [6.45, 7) is 2.70. The lowest BCUT2D eigenvalue weighted by Gasteiger charge is -2.39. The minimum absolute atomic E-state index is 0.204. The summed E-state index contributed by atoms with van der Waals surface area (Å²) in [4.78, 5) is 6.65. The van der Waals surface area contributed by atoms with Crippen molar-refractivity contribution in [1.82, 2.24) is 15.2 Å². The first-order valence-electron chi connectivity index (χ1n) is 6.90. The highest BCUT2D eigenvalue weighted by molar-refractivity contribution is 9.10. The van der Waals surface area contributed by atoms with E-state index in [9.17, 15) is 0 Å². The normalized spacial score (nSPS) is 28.5. The summed E-state index contributed by atoms with van der Waals surface area (Å²) in [7, 11) is 2.16. The number of rotatable bonds is 4. The number of aromatic nitrogens is 1. The molecule has 1 aliphatic carbocycles. The molecule has 1 saturated heterocycles. The second kappa shape index (κ2) is 5.87. The third-order valence-electron chi connectivity index (χ3n) is 3.86. The molecule has 4 nitrogen and oxygen atoms in total. The molecule has 0 aromatic carbocycles. The number of hydrogen-bond acceptors (Lipinski definition) is 4. The zero-order chi connectivity index (χ0) is 13.2. The maximum absolute atomic E-state index is 5.99. The largest absolute Gasteiger partial charge is 0.374 e. The summed E-state index contributed by atoms with van der Waals surface area (Å²) in [6.07, 6.45) is 6.60. The summed E-state index contributed by atoms with van der Waals surface area (Å²) < 4.78 is 7.01. The van der Waals surface area contributed by atoms with Crippen LogP contribution in [-0.4, -0.2) is 48.8 Å². The number of pyridine rings is 1. The first-order valence-corrected chi connectivity index (χ1v) is 7.69. The molecule has 1 saturated carbocycles. The van der Waals surface area contributed by atoms with Crippen LogP contribution in [0.15, 0.2) is 22.9 Å². The monoisotopic (exact) mass is 325 g/mol. The van der Waals surface area contributed by atoms with Gasteiger partial charge < -0.3 is 10.1 Å². The van der Waals surface area contributed by atoms with Gasteiger partial charge >= 0.3 is 0 Å². The van der Waals surface area contributed by atoms with Crippen molar-refractivity contribution < 1.29 is 4.74 Å². The second-order valence-electron chi connectivity index (χ2n) is 5.45. The van der Waals surface area contributed by atoms with Crippen LogP contribution in [0.2, 0.25) is 0 Å². The van der Waals surface area contributed by atoms with Crippen molar-refractivity contribution in [2.24, 2.45) is 0 Å². The number of morpholine rings is 1. The number of hydrogen-bond donors (Lipinski definition) is 1. The van der Waals surface area contributed by atoms with Crippen LogP contribution in [0.3, 0.4) is 0 Å². The van der Waals surface area contributed by atoms with Gasteiger partial charge in [0.25, 0.3) is 0 Å². The molecule has 1 aromatic rings. The third-order valence-corrected chi connectivity index (χ3v) is 4.29. The molecule has 2 atom stereocenters. The molecule has 2 aliphatic rings. The Hall–Kier alpha value is -0.490. The van der Waals surface area contributed by atoms with Crippen LogP contribution >= 0.6 is 15.9 Å². The Balaban J connectivity index is 1.75. The maximum Gasteiger partial charge on any atom is 0.0897 e. The number of likely N-dealkylation sites (N-methyl/N-ethyl adjacent to an activating group) is 1. The Kier molecular flexibility index (Phi) is 4.17. The Morgan fingerprint density at radius 1 is 1.47 bits per heavy atom. The van der Waals surface area contributed by atoms with Crippen molar-refractivity contribution in [3.8, 4) is 0 Å². The minimum atomic E-state index is 0.204. The van der Waals surface area contributed by atoms with Crippen molar-refractivity contribution >= 4 is 15.9 Å². The molecule has 0 amide bonds. The van der Waals surface area contributed by atoms with E-state index in [2.05, 4.69) is 44.2 Å². The quantitative estimate of drug-likeness (QED) is 0.918. The molecule has 5 heteroatoms. The van der Waals surface area contributed by atoms with Crippen LogP contribution in [0.5, 0.6) is 0 Å². The average Bonchev–Trinajstić information content (AvgIpc) is 3.20. The van der Waals surface area contributed by atoms with Crippen LogP contribution in [0.1, 0.15) is 24.4 Å². The van der Waals surface area contributed by atoms with Gasteiger partial charge in [0.1, 0.15) is 0 Å². The molecule has 19 heavy (non-hydrogen) atoms. The van der Waals surface area contributed by atoms with E-state index in [0.29, 0.717) is 0 Å². The fourth-order valence-electron chi connectivity index (χ4n) is 2.66. The first kappa shape index (κ1) is 13.5. The van der Waals surface area contributed by atoms with E-state index in [1.807, 2.05) is 12.4 Å². The molecule has 104 valence electrons. The first-order chi connectivity index (χ1) is 9.24. The number of nitrogens with zero attached hydrogens (tertiary/aromatic N) is 2. The second-order valence-corrected chi connectivity index (χ2v) is 6.37. The van der Waals surface area contributed by atoms with E-state index in [4.69, 9.17) is 4.74 Å². The molecule has 1 aliphatic heterocycles. The van der Waals surface area contributed by atoms with Crippen molar-refractivity contribution in [2.75, 3.05) is 26.7 Å². The van der Waals surface area contributed by atoms with Gasteiger partial charge in [-0.1, -0.05) is 0 Å². The van der Waals surface area contributed by atoms with E-state index >= 15 is 0 Å². The van der Waals surface area contributed by atoms with Crippen LogP contribution in [0, 0.1) is 0 Å². The standard InChI is InChI=1S/C14H20BrN3O/c1-18-4-5-19-13(9-17-12-2-3-12)14(18)10-6-11(15)8-16-7-10/h6-8,12-14,17H,2-5,9H2,1H3. The number of halogens is 1. The van der Waals surface area contributed by atoms with Gasteiger partial charge in [-0.15, -0.1) is 0 Å². The Labute approximate surface area is 122 Å². The summed E-state index contributed by atoms with van der Waals surface area (Å²) in [5.74, 6) is 0. The average molecular weight is 326 g/mol. The maximum atomic E-state index is 5.99. The summed E-state index contributed by atoms with van der Waals surface area (Å²) in [6, 6.07) is 3.15. The topological polar surface area (TPSA) is 37.4 Å². The summed E-state index contributed by atoms with van der Waals surface area (Å²) >= 11 is 3.50. The van der Waals surface area contributed by atoms with E-state index in [0.717, 1.165) is 30.2 Å². The zero-order valence-electron chi connectivity index (χ0n) is 11.2. The van der Waals surface area contributed by atoms with E-state index < -0.39 is 0 Å². The highest BCUT2D eigenvalue weighted by Crippen LogP contribution is 2.29. The third kappa shape index (κ3) is 3.34. The van der Waals surface area contributed by atoms with Crippen molar-refractivity contribution in [3.05, 3.63) is 28.5 Å². The van der Waals surface area contributed by atoms with E-state index in [1.165, 1.54) is 18.4 Å². The van der Waals surface area contributed by atoms with Gasteiger partial charge in [-0.05, 0) is 47.4 Å². The van der Waals surface area contributed by atoms with Gasteiger partial charge in [-0.25, -0.2) is 0 Å². The number of ether oxygens (including phenoxy) is 1. The zero-order valence-corrected chi connectivity index (χ0v) is 12.8. The predicted molar refractivity (Wildman–Crippen MR) is 78.1 cm³/mol. The SMILES string of the molecule is CN1CCOC(CNC2CC2)C1c1cncc(Br)c1. The van der Waals surface area contributed by atoms with Crippen molar-refractivity contribution in [1.29, 1.82) is 0 Å². The van der Waals surface area contributed by atoms with E-state index in [-0.39, 0.29) is 12.1 Å². The fraction of sp³-hybridized carbons (Fsp3) is 0.643. The molecule has 0 radical (unpaired) electrons. The Morgan fingerprint density at radius 2 is 2.32 bits per heavy atom. The van der Waals surface area contributed by atoms with Gasteiger partial charge in [0.15, 0.2) is 0 Å². The molecular weight excluding hydrogens is 306 g/mol. The van der Waals surface area contributed by atoms with Gasteiger partial charge in [0.05, 0.1) is 18.8 Å². The van der Waals surface area contributed by atoms with Crippen LogP contribution in [-0.2, 0) is 4.74 Å². The highest BCUT2D eigenvalue weighted by atomic mass is 79.9. The molecule has 0 spiro atoms. The molecule has 1 N–H and O–H groups in total. The fourth-order valence-corrected chi connectivity index (χ4v) is 3.04. The summed E-state index contributed by atoms with van der Waals surface area (Å²) in [5.41, 5.74) is 1.22. The molecular formula is C14H20BrN3O. The smallest absolute Gasteiger partial charge is 0.0897 e. The lowest BCUT2D eigenvalue weighted by atomic mass is 10.00. The van der Waals surface area contributed by atoms with Gasteiger partial charge in [-0.2, -0.15) is 0 Å². The molecule has 1 aromatic heterocycles. The minimum Gasteiger partial charge on any atom is -0.374 e. The van der Waals surface area contributed by atoms with Crippen LogP contribution < -0.4 is 5.32 Å². The summed E-state index contributed by atoms with van der Waals surface area (Å²) in [5, 5.41) is 3.58.